The highest BCUT2D eigenvalue weighted by molar-refractivity contribution is 9.10. The molecule has 0 radical (unpaired) electrons. The van der Waals surface area contributed by atoms with Gasteiger partial charge in [-0.25, -0.2) is 9.97 Å². The largest absolute Gasteiger partial charge is 0.384 e. The first-order chi connectivity index (χ1) is 26.5. The Labute approximate surface area is 334 Å². The van der Waals surface area contributed by atoms with Crippen molar-refractivity contribution in [3.63, 3.8) is 0 Å². The molecule has 0 amide bonds. The van der Waals surface area contributed by atoms with Crippen LogP contribution in [0.4, 0.5) is 11.4 Å². The first kappa shape index (κ1) is 43.0. The van der Waals surface area contributed by atoms with Gasteiger partial charge in [0.25, 0.3) is 0 Å². The molecule has 0 aliphatic rings. The average Bonchev–Trinajstić information content (AvgIpc) is 3.21. The predicted molar refractivity (Wildman–Crippen MR) is 242 cm³/mol. The van der Waals surface area contributed by atoms with Crippen LogP contribution in [0.15, 0.2) is 95.5 Å². The first-order valence-corrected chi connectivity index (χ1v) is 21.5. The standard InChI is InChI=1S/C24H33N3.C21H26BrN3.C2H6/c1-4-12-19(13-11-18-27(5-2)6-3)25-24-20-14-7-9-16-22(20)26-23-17-10-8-15-21(23)24;1-3-25(4-2)14-8-7-13-23-21-17-9-5-6-10-19(17)24-20-12-11-16(22)15-18(20)21;1-2/h7-10,14-17,19H,4-6,11-13,18H2,1-3H3,(H,25,26);5-6,9-12,15H,3-4,7-8,13-14H2,1-2H3,(H,23,24);1-2H3. The Hall–Kier alpha value is -3.78. The molecule has 290 valence electrons. The minimum Gasteiger partial charge on any atom is -0.384 e. The molecule has 0 saturated carbocycles. The number of halogens is 1. The molecule has 0 bridgehead atoms. The predicted octanol–water partition coefficient (Wildman–Crippen LogP) is 12.8. The fourth-order valence-electron chi connectivity index (χ4n) is 7.21. The molecule has 0 fully saturated rings. The van der Waals surface area contributed by atoms with Crippen molar-refractivity contribution in [2.24, 2.45) is 0 Å². The van der Waals surface area contributed by atoms with Gasteiger partial charge in [0, 0.05) is 38.6 Å². The summed E-state index contributed by atoms with van der Waals surface area (Å²) in [5.41, 5.74) is 6.66. The monoisotopic (exact) mass is 792 g/mol. The number of para-hydroxylation sites is 3. The summed E-state index contributed by atoms with van der Waals surface area (Å²) in [6.07, 6.45) is 7.23. The number of hydrogen-bond acceptors (Lipinski definition) is 6. The number of fused-ring (bicyclic) bond motifs is 4. The van der Waals surface area contributed by atoms with Crippen molar-refractivity contribution in [1.29, 1.82) is 0 Å². The zero-order valence-electron chi connectivity index (χ0n) is 34.1. The average molecular weight is 794 g/mol. The molecule has 6 rings (SSSR count). The highest BCUT2D eigenvalue weighted by Gasteiger charge is 2.14. The van der Waals surface area contributed by atoms with E-state index in [2.05, 4.69) is 156 Å². The van der Waals surface area contributed by atoms with E-state index >= 15 is 0 Å². The Morgan fingerprint density at radius 1 is 0.556 bits per heavy atom. The Kier molecular flexibility index (Phi) is 18.5. The van der Waals surface area contributed by atoms with Gasteiger partial charge in [-0.3, -0.25) is 0 Å². The maximum Gasteiger partial charge on any atom is 0.0731 e. The van der Waals surface area contributed by atoms with Crippen LogP contribution in [0, 0.1) is 0 Å². The molecule has 0 aliphatic carbocycles. The van der Waals surface area contributed by atoms with Gasteiger partial charge in [0.15, 0.2) is 0 Å². The summed E-state index contributed by atoms with van der Waals surface area (Å²) in [6, 6.07) is 32.1. The molecule has 1 unspecified atom stereocenters. The first-order valence-electron chi connectivity index (χ1n) is 20.7. The van der Waals surface area contributed by atoms with Gasteiger partial charge >= 0.3 is 0 Å². The number of nitrogens with zero attached hydrogens (tertiary/aromatic N) is 4. The van der Waals surface area contributed by atoms with Crippen LogP contribution < -0.4 is 10.6 Å². The molecule has 0 aliphatic heterocycles. The SMILES string of the molecule is CC.CCCC(CCCN(CC)CC)Nc1c2ccccc2nc2ccccc12.CCN(CC)CCCCNc1c2ccccc2nc2ccc(Br)cc12. The van der Waals surface area contributed by atoms with Crippen LogP contribution in [0.25, 0.3) is 43.6 Å². The third-order valence-corrected chi connectivity index (χ3v) is 10.7. The zero-order chi connectivity index (χ0) is 38.7. The van der Waals surface area contributed by atoms with Crippen LogP contribution in [0.2, 0.25) is 0 Å². The Morgan fingerprint density at radius 3 is 1.56 bits per heavy atom. The van der Waals surface area contributed by atoms with E-state index < -0.39 is 0 Å². The Morgan fingerprint density at radius 2 is 1.04 bits per heavy atom. The molecule has 7 heteroatoms. The topological polar surface area (TPSA) is 56.3 Å². The normalized spacial score (nSPS) is 11.8. The smallest absolute Gasteiger partial charge is 0.0731 e. The number of pyridine rings is 2. The molecule has 6 aromatic rings. The summed E-state index contributed by atoms with van der Waals surface area (Å²) in [7, 11) is 0. The molecule has 1 atom stereocenters. The van der Waals surface area contributed by atoms with Crippen LogP contribution >= 0.6 is 15.9 Å². The summed E-state index contributed by atoms with van der Waals surface area (Å²) in [5.74, 6) is 0. The van der Waals surface area contributed by atoms with E-state index in [1.54, 1.807) is 0 Å². The van der Waals surface area contributed by atoms with Gasteiger partial charge in [0.05, 0.1) is 33.4 Å². The van der Waals surface area contributed by atoms with Crippen molar-refractivity contribution in [2.75, 3.05) is 56.4 Å². The van der Waals surface area contributed by atoms with Crippen LogP contribution in [-0.2, 0) is 0 Å². The van der Waals surface area contributed by atoms with Crippen molar-refractivity contribution < 1.29 is 0 Å². The lowest BCUT2D eigenvalue weighted by atomic mass is 10.0. The second-order valence-corrected chi connectivity index (χ2v) is 14.6. The van der Waals surface area contributed by atoms with Crippen LogP contribution in [0.3, 0.4) is 0 Å². The van der Waals surface area contributed by atoms with Crippen molar-refractivity contribution in [3.8, 4) is 0 Å². The Bertz CT molecular complexity index is 1930. The number of benzene rings is 4. The van der Waals surface area contributed by atoms with Crippen molar-refractivity contribution in [2.45, 2.75) is 93.0 Å². The van der Waals surface area contributed by atoms with E-state index in [1.807, 2.05) is 19.9 Å². The number of aromatic nitrogens is 2. The van der Waals surface area contributed by atoms with Gasteiger partial charge in [0.1, 0.15) is 0 Å². The van der Waals surface area contributed by atoms with E-state index in [0.717, 1.165) is 59.3 Å². The number of anilines is 2. The van der Waals surface area contributed by atoms with Gasteiger partial charge in [-0.2, -0.15) is 0 Å². The molecule has 4 aromatic carbocycles. The van der Waals surface area contributed by atoms with E-state index in [1.165, 1.54) is 84.5 Å². The summed E-state index contributed by atoms with van der Waals surface area (Å²) in [5, 5.41) is 12.4. The van der Waals surface area contributed by atoms with E-state index in [4.69, 9.17) is 9.97 Å². The molecule has 0 saturated heterocycles. The van der Waals surface area contributed by atoms with Gasteiger partial charge in [-0.1, -0.05) is 125 Å². The van der Waals surface area contributed by atoms with Crippen molar-refractivity contribution in [3.05, 3.63) is 95.5 Å². The fraction of sp³-hybridized carbons (Fsp3) is 0.447. The van der Waals surface area contributed by atoms with Gasteiger partial charge in [-0.05, 0) is 108 Å². The number of rotatable bonds is 18. The van der Waals surface area contributed by atoms with Crippen LogP contribution in [0.1, 0.15) is 87.0 Å². The summed E-state index contributed by atoms with van der Waals surface area (Å²) in [4.78, 5) is 14.6. The van der Waals surface area contributed by atoms with Crippen LogP contribution in [0.5, 0.6) is 0 Å². The number of hydrogen-bond donors (Lipinski definition) is 2. The van der Waals surface area contributed by atoms with Gasteiger partial charge < -0.3 is 20.4 Å². The molecular formula is C47H65BrN6. The highest BCUT2D eigenvalue weighted by atomic mass is 79.9. The second kappa shape index (κ2) is 23.2. The third-order valence-electron chi connectivity index (χ3n) is 10.2. The van der Waals surface area contributed by atoms with Gasteiger partial charge in [0.2, 0.25) is 0 Å². The summed E-state index contributed by atoms with van der Waals surface area (Å²) >= 11 is 3.59. The maximum atomic E-state index is 4.85. The minimum absolute atomic E-state index is 0.500. The van der Waals surface area contributed by atoms with Crippen LogP contribution in [-0.4, -0.2) is 71.6 Å². The Balaban J connectivity index is 0.000000231. The molecule has 2 N–H and O–H groups in total. The summed E-state index contributed by atoms with van der Waals surface area (Å²) < 4.78 is 1.08. The second-order valence-electron chi connectivity index (χ2n) is 13.6. The number of nitrogens with one attached hydrogen (secondary N) is 2. The van der Waals surface area contributed by atoms with E-state index in [-0.39, 0.29) is 0 Å². The van der Waals surface area contributed by atoms with E-state index in [9.17, 15) is 0 Å². The minimum atomic E-state index is 0.500. The number of unbranched alkanes of at least 4 members (excludes halogenated alkanes) is 1. The molecule has 2 aromatic heterocycles. The summed E-state index contributed by atoms with van der Waals surface area (Å²) in [6.45, 7) is 23.1. The van der Waals surface area contributed by atoms with E-state index in [0.29, 0.717) is 6.04 Å². The molecular weight excluding hydrogens is 728 g/mol. The molecule has 6 nitrogen and oxygen atoms in total. The maximum absolute atomic E-state index is 4.85. The third kappa shape index (κ3) is 11.9. The lowest BCUT2D eigenvalue weighted by molar-refractivity contribution is 0.293. The quantitative estimate of drug-likeness (QED) is 0.0668. The molecule has 0 spiro atoms. The lowest BCUT2D eigenvalue weighted by Gasteiger charge is -2.24. The molecule has 54 heavy (non-hydrogen) atoms. The molecule has 2 heterocycles. The highest BCUT2D eigenvalue weighted by Crippen LogP contribution is 2.33. The van der Waals surface area contributed by atoms with Crippen molar-refractivity contribution in [1.82, 2.24) is 19.8 Å². The lowest BCUT2D eigenvalue weighted by Crippen LogP contribution is -2.26. The zero-order valence-corrected chi connectivity index (χ0v) is 35.7. The van der Waals surface area contributed by atoms with Gasteiger partial charge in [-0.15, -0.1) is 0 Å². The fourth-order valence-corrected chi connectivity index (χ4v) is 7.57. The van der Waals surface area contributed by atoms with Crippen molar-refractivity contribution >= 4 is 70.9 Å².